The fourth-order valence-electron chi connectivity index (χ4n) is 5.44. The number of ether oxygens (including phenoxy) is 3. The second-order valence-corrected chi connectivity index (χ2v) is 9.95. The van der Waals surface area contributed by atoms with Crippen molar-refractivity contribution in [1.29, 1.82) is 0 Å². The largest absolute Gasteiger partial charge is 0.497 e. The van der Waals surface area contributed by atoms with Crippen LogP contribution in [0.1, 0.15) is 34.7 Å². The Morgan fingerprint density at radius 2 is 1.87 bits per heavy atom. The lowest BCUT2D eigenvalue weighted by Crippen LogP contribution is -2.48. The van der Waals surface area contributed by atoms with Gasteiger partial charge in [-0.3, -0.25) is 9.69 Å². The fourth-order valence-corrected chi connectivity index (χ4v) is 5.44. The Bertz CT molecular complexity index is 1460. The Morgan fingerprint density at radius 1 is 1.03 bits per heavy atom. The van der Waals surface area contributed by atoms with E-state index >= 15 is 0 Å². The molecule has 1 fully saturated rings. The molecule has 2 aromatic carbocycles. The summed E-state index contributed by atoms with van der Waals surface area (Å²) in [7, 11) is 1.67. The summed E-state index contributed by atoms with van der Waals surface area (Å²) < 4.78 is 18.5. The summed E-state index contributed by atoms with van der Waals surface area (Å²) in [5, 5.41) is 0. The van der Waals surface area contributed by atoms with E-state index in [1.807, 2.05) is 47.6 Å². The van der Waals surface area contributed by atoms with Gasteiger partial charge in [0.1, 0.15) is 11.4 Å². The fraction of sp³-hybridized carbons (Fsp3) is 0.333. The third-order valence-electron chi connectivity index (χ3n) is 7.56. The zero-order chi connectivity index (χ0) is 26.1. The first-order valence-electron chi connectivity index (χ1n) is 13.0. The van der Waals surface area contributed by atoms with Crippen molar-refractivity contribution < 1.29 is 19.0 Å². The Labute approximate surface area is 222 Å². The maximum atomic E-state index is 13.6. The number of imidazole rings is 1. The van der Waals surface area contributed by atoms with Crippen LogP contribution in [0.5, 0.6) is 17.2 Å². The summed E-state index contributed by atoms with van der Waals surface area (Å²) in [4.78, 5) is 22.7. The number of fused-ring (bicyclic) bond motifs is 2. The molecular formula is C30H32N4O4. The Hall–Kier alpha value is -4.04. The molecule has 1 saturated heterocycles. The number of nitrogens with zero attached hydrogens (tertiary/aromatic N) is 4. The minimum Gasteiger partial charge on any atom is -0.497 e. The highest BCUT2D eigenvalue weighted by Gasteiger charge is 2.28. The van der Waals surface area contributed by atoms with Gasteiger partial charge < -0.3 is 23.5 Å². The van der Waals surface area contributed by atoms with Crippen LogP contribution in [0, 0.1) is 6.92 Å². The summed E-state index contributed by atoms with van der Waals surface area (Å²) in [6.07, 6.45) is 4.30. The Kier molecular flexibility index (Phi) is 6.64. The first kappa shape index (κ1) is 24.3. The second kappa shape index (κ2) is 10.4. The second-order valence-electron chi connectivity index (χ2n) is 9.95. The van der Waals surface area contributed by atoms with E-state index in [0.717, 1.165) is 59.4 Å². The lowest BCUT2D eigenvalue weighted by Gasteiger charge is -2.35. The van der Waals surface area contributed by atoms with Gasteiger partial charge in [0.15, 0.2) is 11.5 Å². The highest BCUT2D eigenvalue weighted by molar-refractivity contribution is 5.78. The number of aromatic nitrogens is 2. The molecule has 38 heavy (non-hydrogen) atoms. The number of benzene rings is 2. The highest BCUT2D eigenvalue weighted by atomic mass is 16.7. The standard InChI is InChI=1S/C30H32N4O4/c1-21-5-4-10-34-26(18-31-30(21)34)25(23-6-3-7-24(16-23)36-2)17-29(35)33-13-11-32(12-14-33)19-22-8-9-27-28(15-22)38-20-37-27/h3-10,15-16,18,25H,11-14,17,19-20H2,1-2H3/t25-/m1/s1. The molecule has 0 N–H and O–H groups in total. The van der Waals surface area contributed by atoms with Crippen molar-refractivity contribution in [3.8, 4) is 17.2 Å². The number of hydrogen-bond acceptors (Lipinski definition) is 6. The summed E-state index contributed by atoms with van der Waals surface area (Å²) in [6.45, 7) is 6.25. The molecule has 1 atom stereocenters. The van der Waals surface area contributed by atoms with E-state index in [9.17, 15) is 4.79 Å². The van der Waals surface area contributed by atoms with Gasteiger partial charge in [0, 0.05) is 57.5 Å². The van der Waals surface area contributed by atoms with Crippen LogP contribution in [-0.2, 0) is 11.3 Å². The van der Waals surface area contributed by atoms with Gasteiger partial charge in [-0.2, -0.15) is 0 Å². The number of amides is 1. The van der Waals surface area contributed by atoms with Crippen LogP contribution in [0.25, 0.3) is 5.65 Å². The summed E-state index contributed by atoms with van der Waals surface area (Å²) in [6, 6.07) is 18.2. The number of methoxy groups -OCH3 is 1. The van der Waals surface area contributed by atoms with Crippen molar-refractivity contribution in [3.63, 3.8) is 0 Å². The smallest absolute Gasteiger partial charge is 0.231 e. The molecule has 0 spiro atoms. The number of carbonyl (C=O) groups is 1. The van der Waals surface area contributed by atoms with Crippen molar-refractivity contribution in [2.75, 3.05) is 40.1 Å². The number of hydrogen-bond donors (Lipinski definition) is 0. The maximum absolute atomic E-state index is 13.6. The van der Waals surface area contributed by atoms with Crippen LogP contribution in [-0.4, -0.2) is 65.2 Å². The molecule has 2 aliphatic heterocycles. The lowest BCUT2D eigenvalue weighted by molar-refractivity contribution is -0.133. The number of piperazine rings is 1. The van der Waals surface area contributed by atoms with Gasteiger partial charge in [-0.05, 0) is 53.9 Å². The molecular weight excluding hydrogens is 480 g/mol. The summed E-state index contributed by atoms with van der Waals surface area (Å²) in [5.41, 5.74) is 5.26. The topological polar surface area (TPSA) is 68.5 Å². The molecule has 0 radical (unpaired) electrons. The molecule has 8 nitrogen and oxygen atoms in total. The summed E-state index contributed by atoms with van der Waals surface area (Å²) >= 11 is 0. The molecule has 2 aliphatic rings. The predicted octanol–water partition coefficient (Wildman–Crippen LogP) is 4.25. The van der Waals surface area contributed by atoms with Gasteiger partial charge in [-0.25, -0.2) is 4.98 Å². The van der Waals surface area contributed by atoms with Gasteiger partial charge in [0.25, 0.3) is 0 Å². The number of aryl methyl sites for hydroxylation is 1. The molecule has 0 bridgehead atoms. The monoisotopic (exact) mass is 512 g/mol. The highest BCUT2D eigenvalue weighted by Crippen LogP contribution is 2.34. The molecule has 1 amide bonds. The van der Waals surface area contributed by atoms with E-state index in [1.165, 1.54) is 5.56 Å². The van der Waals surface area contributed by atoms with E-state index < -0.39 is 0 Å². The average molecular weight is 513 g/mol. The third kappa shape index (κ3) is 4.79. The predicted molar refractivity (Wildman–Crippen MR) is 144 cm³/mol. The number of carbonyl (C=O) groups excluding carboxylic acids is 1. The zero-order valence-corrected chi connectivity index (χ0v) is 21.8. The molecule has 196 valence electrons. The van der Waals surface area contributed by atoms with Crippen molar-refractivity contribution in [1.82, 2.24) is 19.2 Å². The molecule has 6 rings (SSSR count). The van der Waals surface area contributed by atoms with Crippen LogP contribution in [0.3, 0.4) is 0 Å². The SMILES string of the molecule is COc1cccc([C@@H](CC(=O)N2CCN(Cc3ccc4c(c3)OCO4)CC2)c2cnc3c(C)cccn23)c1. The normalized spacial score (nSPS) is 16.1. The summed E-state index contributed by atoms with van der Waals surface area (Å²) in [5.74, 6) is 2.41. The molecule has 8 heteroatoms. The lowest BCUT2D eigenvalue weighted by atomic mass is 9.91. The van der Waals surface area contributed by atoms with Crippen molar-refractivity contribution >= 4 is 11.6 Å². The van der Waals surface area contributed by atoms with Gasteiger partial charge in [-0.1, -0.05) is 24.3 Å². The zero-order valence-electron chi connectivity index (χ0n) is 21.8. The van der Waals surface area contributed by atoms with Gasteiger partial charge in [0.05, 0.1) is 12.8 Å². The molecule has 4 heterocycles. The van der Waals surface area contributed by atoms with E-state index in [0.29, 0.717) is 19.5 Å². The van der Waals surface area contributed by atoms with Crippen LogP contribution in [0.15, 0.2) is 67.0 Å². The Balaban J connectivity index is 1.17. The van der Waals surface area contributed by atoms with Crippen LogP contribution in [0.4, 0.5) is 0 Å². The van der Waals surface area contributed by atoms with Crippen LogP contribution >= 0.6 is 0 Å². The Morgan fingerprint density at radius 3 is 2.71 bits per heavy atom. The van der Waals surface area contributed by atoms with E-state index in [-0.39, 0.29) is 18.6 Å². The molecule has 0 saturated carbocycles. The van der Waals surface area contributed by atoms with Crippen molar-refractivity contribution in [3.05, 3.63) is 89.4 Å². The third-order valence-corrected chi connectivity index (χ3v) is 7.56. The molecule has 0 aliphatic carbocycles. The van der Waals surface area contributed by atoms with Crippen molar-refractivity contribution in [2.24, 2.45) is 0 Å². The molecule has 0 unspecified atom stereocenters. The first-order chi connectivity index (χ1) is 18.6. The molecule has 4 aromatic rings. The van der Waals surface area contributed by atoms with Gasteiger partial charge >= 0.3 is 0 Å². The average Bonchev–Trinajstić information content (AvgIpc) is 3.60. The van der Waals surface area contributed by atoms with Crippen LogP contribution in [0.2, 0.25) is 0 Å². The maximum Gasteiger partial charge on any atom is 0.231 e. The minimum absolute atomic E-state index is 0.138. The first-order valence-corrected chi connectivity index (χ1v) is 13.0. The number of rotatable bonds is 7. The van der Waals surface area contributed by atoms with Gasteiger partial charge in [-0.15, -0.1) is 0 Å². The van der Waals surface area contributed by atoms with Crippen molar-refractivity contribution in [2.45, 2.75) is 25.8 Å². The van der Waals surface area contributed by atoms with Gasteiger partial charge in [0.2, 0.25) is 12.7 Å². The van der Waals surface area contributed by atoms with E-state index in [1.54, 1.807) is 7.11 Å². The van der Waals surface area contributed by atoms with E-state index in [2.05, 4.69) is 45.5 Å². The van der Waals surface area contributed by atoms with E-state index in [4.69, 9.17) is 14.2 Å². The quantitative estimate of drug-likeness (QED) is 0.369. The van der Waals surface area contributed by atoms with Crippen LogP contribution < -0.4 is 14.2 Å². The number of pyridine rings is 1. The molecule has 2 aromatic heterocycles. The minimum atomic E-state index is -0.138.